The number of thioether (sulfide) groups is 1. The molecule has 1 N–H and O–H groups in total. The van der Waals surface area contributed by atoms with Gasteiger partial charge in [-0.05, 0) is 37.5 Å². The SMILES string of the molecule is CC(C)CCSC[C@H]1CCCN1. The van der Waals surface area contributed by atoms with Gasteiger partial charge in [0.2, 0.25) is 0 Å². The van der Waals surface area contributed by atoms with Crippen molar-refractivity contribution in [2.45, 2.75) is 39.2 Å². The van der Waals surface area contributed by atoms with E-state index in [0.29, 0.717) is 0 Å². The third-order valence-corrected chi connectivity index (χ3v) is 3.48. The molecule has 0 amide bonds. The van der Waals surface area contributed by atoms with Crippen LogP contribution >= 0.6 is 11.8 Å². The van der Waals surface area contributed by atoms with Crippen LogP contribution in [0.25, 0.3) is 0 Å². The van der Waals surface area contributed by atoms with E-state index in [1.54, 1.807) is 0 Å². The van der Waals surface area contributed by atoms with E-state index in [9.17, 15) is 0 Å². The van der Waals surface area contributed by atoms with Crippen LogP contribution in [-0.4, -0.2) is 24.1 Å². The van der Waals surface area contributed by atoms with Crippen molar-refractivity contribution in [3.05, 3.63) is 0 Å². The average Bonchev–Trinajstić information content (AvgIpc) is 2.49. The minimum atomic E-state index is 0.821. The predicted molar refractivity (Wildman–Crippen MR) is 57.8 cm³/mol. The fourth-order valence-electron chi connectivity index (χ4n) is 1.44. The highest BCUT2D eigenvalue weighted by molar-refractivity contribution is 7.99. The summed E-state index contributed by atoms with van der Waals surface area (Å²) in [5.41, 5.74) is 0. The Morgan fingerprint density at radius 3 is 2.92 bits per heavy atom. The van der Waals surface area contributed by atoms with E-state index in [2.05, 4.69) is 30.9 Å². The van der Waals surface area contributed by atoms with Crippen LogP contribution in [-0.2, 0) is 0 Å². The molecule has 1 nitrogen and oxygen atoms in total. The van der Waals surface area contributed by atoms with Gasteiger partial charge in [0.1, 0.15) is 0 Å². The first kappa shape index (κ1) is 10.4. The van der Waals surface area contributed by atoms with Crippen molar-refractivity contribution in [1.29, 1.82) is 0 Å². The number of rotatable bonds is 5. The van der Waals surface area contributed by atoms with Crippen LogP contribution in [0.3, 0.4) is 0 Å². The maximum Gasteiger partial charge on any atom is 0.0158 e. The summed E-state index contributed by atoms with van der Waals surface area (Å²) in [5, 5.41) is 3.52. The highest BCUT2D eigenvalue weighted by Crippen LogP contribution is 2.14. The first-order chi connectivity index (χ1) is 5.79. The van der Waals surface area contributed by atoms with E-state index in [1.165, 1.54) is 37.3 Å². The molecule has 0 aromatic heterocycles. The van der Waals surface area contributed by atoms with Crippen molar-refractivity contribution in [3.63, 3.8) is 0 Å². The molecule has 1 heterocycles. The zero-order valence-corrected chi connectivity index (χ0v) is 9.12. The van der Waals surface area contributed by atoms with E-state index < -0.39 is 0 Å². The van der Waals surface area contributed by atoms with E-state index in [1.807, 2.05) is 0 Å². The van der Waals surface area contributed by atoms with Crippen LogP contribution in [0.1, 0.15) is 33.1 Å². The van der Waals surface area contributed by atoms with Gasteiger partial charge in [-0.25, -0.2) is 0 Å². The summed E-state index contributed by atoms with van der Waals surface area (Å²) in [5.74, 6) is 3.54. The van der Waals surface area contributed by atoms with Gasteiger partial charge in [0.25, 0.3) is 0 Å². The molecule has 1 aliphatic rings. The molecule has 1 aliphatic heterocycles. The van der Waals surface area contributed by atoms with E-state index in [4.69, 9.17) is 0 Å². The summed E-state index contributed by atoms with van der Waals surface area (Å²) >= 11 is 2.12. The Morgan fingerprint density at radius 1 is 1.50 bits per heavy atom. The molecule has 0 bridgehead atoms. The van der Waals surface area contributed by atoms with E-state index in [-0.39, 0.29) is 0 Å². The lowest BCUT2D eigenvalue weighted by Crippen LogP contribution is -2.23. The van der Waals surface area contributed by atoms with Crippen molar-refractivity contribution in [2.75, 3.05) is 18.1 Å². The number of hydrogen-bond acceptors (Lipinski definition) is 2. The first-order valence-corrected chi connectivity index (χ1v) is 6.25. The predicted octanol–water partition coefficient (Wildman–Crippen LogP) is 2.52. The van der Waals surface area contributed by atoms with Crippen LogP contribution < -0.4 is 5.32 Å². The van der Waals surface area contributed by atoms with Crippen molar-refractivity contribution in [3.8, 4) is 0 Å². The van der Waals surface area contributed by atoms with Gasteiger partial charge in [-0.15, -0.1) is 0 Å². The fourth-order valence-corrected chi connectivity index (χ4v) is 2.82. The number of hydrogen-bond donors (Lipinski definition) is 1. The summed E-state index contributed by atoms with van der Waals surface area (Å²) in [6, 6.07) is 0.821. The van der Waals surface area contributed by atoms with Crippen molar-refractivity contribution in [1.82, 2.24) is 5.32 Å². The van der Waals surface area contributed by atoms with Gasteiger partial charge >= 0.3 is 0 Å². The van der Waals surface area contributed by atoms with Crippen LogP contribution in [0.5, 0.6) is 0 Å². The second-order valence-corrected chi connectivity index (χ2v) is 5.20. The van der Waals surface area contributed by atoms with Crippen LogP contribution in [0.2, 0.25) is 0 Å². The van der Waals surface area contributed by atoms with Crippen LogP contribution in [0.4, 0.5) is 0 Å². The normalized spacial score (nSPS) is 23.8. The van der Waals surface area contributed by atoms with Gasteiger partial charge in [-0.2, -0.15) is 11.8 Å². The third kappa shape index (κ3) is 4.36. The number of nitrogens with one attached hydrogen (secondary N) is 1. The molecule has 0 radical (unpaired) electrons. The molecule has 1 atom stereocenters. The maximum absolute atomic E-state index is 3.52. The highest BCUT2D eigenvalue weighted by atomic mass is 32.2. The van der Waals surface area contributed by atoms with Crippen molar-refractivity contribution in [2.24, 2.45) is 5.92 Å². The molecule has 12 heavy (non-hydrogen) atoms. The minimum absolute atomic E-state index is 0.821. The largest absolute Gasteiger partial charge is 0.313 e. The topological polar surface area (TPSA) is 12.0 Å². The molecule has 0 aromatic rings. The standard InChI is InChI=1S/C10H21NS/c1-9(2)5-7-12-8-10-4-3-6-11-10/h9-11H,3-8H2,1-2H3/t10-/m1/s1. The second-order valence-electron chi connectivity index (χ2n) is 4.05. The molecule has 0 unspecified atom stereocenters. The van der Waals surface area contributed by atoms with Gasteiger partial charge in [-0.1, -0.05) is 13.8 Å². The Balaban J connectivity index is 1.88. The molecule has 72 valence electrons. The Bertz CT molecular complexity index is 108. The molecule has 0 spiro atoms. The van der Waals surface area contributed by atoms with E-state index in [0.717, 1.165) is 12.0 Å². The summed E-state index contributed by atoms with van der Waals surface area (Å²) in [6.45, 7) is 5.85. The quantitative estimate of drug-likeness (QED) is 0.664. The summed E-state index contributed by atoms with van der Waals surface area (Å²) in [4.78, 5) is 0. The zero-order valence-electron chi connectivity index (χ0n) is 8.31. The highest BCUT2D eigenvalue weighted by Gasteiger charge is 2.12. The smallest absolute Gasteiger partial charge is 0.0158 e. The van der Waals surface area contributed by atoms with E-state index >= 15 is 0 Å². The Morgan fingerprint density at radius 2 is 2.33 bits per heavy atom. The molecule has 2 heteroatoms. The van der Waals surface area contributed by atoms with Crippen molar-refractivity contribution < 1.29 is 0 Å². The molecule has 1 fully saturated rings. The van der Waals surface area contributed by atoms with Gasteiger partial charge in [-0.3, -0.25) is 0 Å². The Labute approximate surface area is 80.7 Å². The lowest BCUT2D eigenvalue weighted by Gasteiger charge is -2.09. The molecule has 1 saturated heterocycles. The van der Waals surface area contributed by atoms with Gasteiger partial charge in [0.15, 0.2) is 0 Å². The maximum atomic E-state index is 3.52. The van der Waals surface area contributed by atoms with Gasteiger partial charge in [0, 0.05) is 11.8 Å². The van der Waals surface area contributed by atoms with Gasteiger partial charge in [0.05, 0.1) is 0 Å². The minimum Gasteiger partial charge on any atom is -0.313 e. The average molecular weight is 187 g/mol. The van der Waals surface area contributed by atoms with Crippen molar-refractivity contribution >= 4 is 11.8 Å². The lowest BCUT2D eigenvalue weighted by atomic mass is 10.2. The molecule has 0 aliphatic carbocycles. The molecule has 0 aromatic carbocycles. The monoisotopic (exact) mass is 187 g/mol. The van der Waals surface area contributed by atoms with Gasteiger partial charge < -0.3 is 5.32 Å². The molecule has 0 saturated carbocycles. The fraction of sp³-hybridized carbons (Fsp3) is 1.00. The zero-order chi connectivity index (χ0) is 8.81. The third-order valence-electron chi connectivity index (χ3n) is 2.32. The molecule has 1 rings (SSSR count). The Kier molecular flexibility index (Phi) is 5.08. The second kappa shape index (κ2) is 5.87. The summed E-state index contributed by atoms with van der Waals surface area (Å²) in [7, 11) is 0. The molecular formula is C10H21NS. The summed E-state index contributed by atoms with van der Waals surface area (Å²) in [6.07, 6.45) is 4.15. The summed E-state index contributed by atoms with van der Waals surface area (Å²) < 4.78 is 0. The first-order valence-electron chi connectivity index (χ1n) is 5.10. The van der Waals surface area contributed by atoms with Crippen LogP contribution in [0.15, 0.2) is 0 Å². The lowest BCUT2D eigenvalue weighted by molar-refractivity contribution is 0.629. The Hall–Kier alpha value is 0.310. The molecular weight excluding hydrogens is 166 g/mol. The van der Waals surface area contributed by atoms with Crippen LogP contribution in [0, 0.1) is 5.92 Å².